The van der Waals surface area contributed by atoms with Crippen LogP contribution in [0.25, 0.3) is 0 Å². The van der Waals surface area contributed by atoms with Crippen LogP contribution in [0.5, 0.6) is 0 Å². The number of carboxylic acids is 1. The van der Waals surface area contributed by atoms with Gasteiger partial charge < -0.3 is 14.4 Å². The molecule has 0 bridgehead atoms. The summed E-state index contributed by atoms with van der Waals surface area (Å²) >= 11 is 0. The zero-order chi connectivity index (χ0) is 9.28. The standard InChI is InChI=1S/C8H17NO2.2CH4.V/c1-8(2,3)9(4,5)6-7(10)11;;;/h6H2,1-5H3;2*1H4;. The zero-order valence-corrected chi connectivity index (χ0v) is 9.81. The number of carbonyl (C=O) groups excluding carboxylic acids is 1. The van der Waals surface area contributed by atoms with E-state index in [0.29, 0.717) is 4.48 Å². The normalized spacial score (nSPS) is 10.4. The topological polar surface area (TPSA) is 40.1 Å². The molecule has 87 valence electrons. The fourth-order valence-electron chi connectivity index (χ4n) is 0.560. The number of hydrogen-bond acceptors (Lipinski definition) is 2. The number of carboxylic acid groups (broad SMARTS) is 1. The van der Waals surface area contributed by atoms with Gasteiger partial charge in [-0.25, -0.2) is 0 Å². The molecule has 0 saturated heterocycles. The third kappa shape index (κ3) is 7.42. The first-order valence-electron chi connectivity index (χ1n) is 3.70. The first-order chi connectivity index (χ1) is 4.67. The molecule has 0 aliphatic rings. The molecule has 0 heterocycles. The van der Waals surface area contributed by atoms with Crippen molar-refractivity contribution in [2.24, 2.45) is 0 Å². The molecular formula is C10H25NO2V. The van der Waals surface area contributed by atoms with Crippen molar-refractivity contribution < 1.29 is 32.9 Å². The molecule has 0 unspecified atom stereocenters. The quantitative estimate of drug-likeness (QED) is 0.674. The van der Waals surface area contributed by atoms with Crippen LogP contribution in [-0.4, -0.2) is 36.6 Å². The first kappa shape index (κ1) is 23.7. The minimum Gasteiger partial charge on any atom is -0.544 e. The molecule has 14 heavy (non-hydrogen) atoms. The molecule has 0 spiro atoms. The molecule has 0 aromatic carbocycles. The van der Waals surface area contributed by atoms with Crippen LogP contribution in [-0.2, 0) is 23.4 Å². The van der Waals surface area contributed by atoms with Crippen molar-refractivity contribution in [1.82, 2.24) is 0 Å². The van der Waals surface area contributed by atoms with Gasteiger partial charge in [0, 0.05) is 18.6 Å². The van der Waals surface area contributed by atoms with E-state index >= 15 is 0 Å². The van der Waals surface area contributed by atoms with E-state index < -0.39 is 5.97 Å². The molecule has 0 aliphatic heterocycles. The number of likely N-dealkylation sites (N-methyl/N-ethyl adjacent to an activating group) is 1. The monoisotopic (exact) mass is 242 g/mol. The molecule has 4 heteroatoms. The Balaban J connectivity index is -0.000000167. The van der Waals surface area contributed by atoms with Crippen molar-refractivity contribution in [2.75, 3.05) is 20.6 Å². The Morgan fingerprint density at radius 1 is 1.21 bits per heavy atom. The van der Waals surface area contributed by atoms with Crippen LogP contribution in [0.3, 0.4) is 0 Å². The van der Waals surface area contributed by atoms with Gasteiger partial charge in [-0.15, -0.1) is 0 Å². The molecule has 0 aromatic heterocycles. The molecule has 0 saturated carbocycles. The molecule has 0 N–H and O–H groups in total. The maximum Gasteiger partial charge on any atom is 0.119 e. The molecule has 0 amide bonds. The SMILES string of the molecule is C.C.CC(C)(C)[N+](C)(C)CC(=O)[O-].[V]. The Labute approximate surface area is 101 Å². The Morgan fingerprint density at radius 3 is 1.57 bits per heavy atom. The smallest absolute Gasteiger partial charge is 0.119 e. The van der Waals surface area contributed by atoms with Crippen molar-refractivity contribution in [3.8, 4) is 0 Å². The van der Waals surface area contributed by atoms with Gasteiger partial charge in [-0.1, -0.05) is 14.9 Å². The summed E-state index contributed by atoms with van der Waals surface area (Å²) in [6.07, 6.45) is 0. The van der Waals surface area contributed by atoms with E-state index in [1.54, 1.807) is 0 Å². The third-order valence-corrected chi connectivity index (χ3v) is 2.34. The van der Waals surface area contributed by atoms with Crippen molar-refractivity contribution in [1.29, 1.82) is 0 Å². The molecule has 0 atom stereocenters. The zero-order valence-electron chi connectivity index (χ0n) is 8.42. The van der Waals surface area contributed by atoms with E-state index in [9.17, 15) is 9.90 Å². The minimum absolute atomic E-state index is 0. The van der Waals surface area contributed by atoms with Gasteiger partial charge in [0.1, 0.15) is 6.54 Å². The number of nitrogens with zero attached hydrogens (tertiary/aromatic N) is 1. The second kappa shape index (κ2) is 7.33. The average Bonchev–Trinajstić information content (AvgIpc) is 1.56. The number of aliphatic carboxylic acids is 1. The third-order valence-electron chi connectivity index (χ3n) is 2.34. The Bertz CT molecular complexity index is 162. The van der Waals surface area contributed by atoms with Crippen LogP contribution in [0.4, 0.5) is 0 Å². The summed E-state index contributed by atoms with van der Waals surface area (Å²) in [6, 6.07) is 0. The van der Waals surface area contributed by atoms with E-state index in [0.717, 1.165) is 0 Å². The van der Waals surface area contributed by atoms with Crippen LogP contribution in [0, 0.1) is 0 Å². The van der Waals surface area contributed by atoms with E-state index in [1.165, 1.54) is 0 Å². The molecule has 0 aliphatic carbocycles. The Morgan fingerprint density at radius 2 is 1.50 bits per heavy atom. The van der Waals surface area contributed by atoms with Gasteiger partial charge in [0.2, 0.25) is 0 Å². The van der Waals surface area contributed by atoms with Crippen molar-refractivity contribution in [3.05, 3.63) is 0 Å². The summed E-state index contributed by atoms with van der Waals surface area (Å²) in [5.41, 5.74) is -0.0555. The van der Waals surface area contributed by atoms with E-state index in [2.05, 4.69) is 0 Å². The van der Waals surface area contributed by atoms with Gasteiger partial charge in [0.15, 0.2) is 0 Å². The van der Waals surface area contributed by atoms with Crippen molar-refractivity contribution in [3.63, 3.8) is 0 Å². The van der Waals surface area contributed by atoms with Crippen LogP contribution in [0.1, 0.15) is 35.6 Å². The first-order valence-corrected chi connectivity index (χ1v) is 3.70. The maximum atomic E-state index is 10.3. The summed E-state index contributed by atoms with van der Waals surface area (Å²) < 4.78 is 0.440. The van der Waals surface area contributed by atoms with Gasteiger partial charge >= 0.3 is 0 Å². The Kier molecular flexibility index (Phi) is 12.4. The summed E-state index contributed by atoms with van der Waals surface area (Å²) in [7, 11) is 3.77. The second-order valence-electron chi connectivity index (χ2n) is 4.39. The number of rotatable bonds is 2. The van der Waals surface area contributed by atoms with Gasteiger partial charge in [-0.05, 0) is 20.8 Å². The number of carbonyl (C=O) groups is 1. The van der Waals surface area contributed by atoms with Crippen LogP contribution in [0.2, 0.25) is 0 Å². The van der Waals surface area contributed by atoms with Crippen LogP contribution in [0.15, 0.2) is 0 Å². The van der Waals surface area contributed by atoms with Gasteiger partial charge in [-0.3, -0.25) is 0 Å². The number of hydrogen-bond donors (Lipinski definition) is 0. The largest absolute Gasteiger partial charge is 0.544 e. The predicted octanol–water partition coefficient (Wildman–Crippen LogP) is 0.881. The van der Waals surface area contributed by atoms with Gasteiger partial charge in [0.05, 0.1) is 25.6 Å². The maximum absolute atomic E-state index is 10.3. The number of quaternary nitrogens is 1. The van der Waals surface area contributed by atoms with E-state index in [1.807, 2.05) is 34.9 Å². The second-order valence-corrected chi connectivity index (χ2v) is 4.39. The van der Waals surface area contributed by atoms with Gasteiger partial charge in [0.25, 0.3) is 0 Å². The van der Waals surface area contributed by atoms with Crippen LogP contribution < -0.4 is 5.11 Å². The summed E-state index contributed by atoms with van der Waals surface area (Å²) in [5.74, 6) is -0.995. The van der Waals surface area contributed by atoms with Crippen molar-refractivity contribution >= 4 is 5.97 Å². The summed E-state index contributed by atoms with van der Waals surface area (Å²) in [5, 5.41) is 10.3. The van der Waals surface area contributed by atoms with Gasteiger partial charge in [-0.2, -0.15) is 0 Å². The molecule has 0 rings (SSSR count). The van der Waals surface area contributed by atoms with E-state index in [4.69, 9.17) is 0 Å². The van der Waals surface area contributed by atoms with Crippen molar-refractivity contribution in [2.45, 2.75) is 41.2 Å². The molecule has 1 radical (unpaired) electrons. The predicted molar refractivity (Wildman–Crippen MR) is 55.2 cm³/mol. The molecule has 0 fully saturated rings. The van der Waals surface area contributed by atoms with Crippen LogP contribution >= 0.6 is 0 Å². The Hall–Kier alpha value is 0.0144. The minimum atomic E-state index is -0.995. The molecule has 0 aromatic rings. The van der Waals surface area contributed by atoms with E-state index in [-0.39, 0.29) is 45.5 Å². The summed E-state index contributed by atoms with van der Waals surface area (Å²) in [4.78, 5) is 10.3. The fraction of sp³-hybridized carbons (Fsp3) is 0.900. The average molecular weight is 242 g/mol. The molecule has 3 nitrogen and oxygen atoms in total. The fourth-order valence-corrected chi connectivity index (χ4v) is 0.560. The molecular weight excluding hydrogens is 217 g/mol. The summed E-state index contributed by atoms with van der Waals surface area (Å²) in [6.45, 7) is 6.09.